The van der Waals surface area contributed by atoms with Gasteiger partial charge in [-0.25, -0.2) is 22.9 Å². The van der Waals surface area contributed by atoms with E-state index in [1.165, 1.54) is 0 Å². The van der Waals surface area contributed by atoms with E-state index in [0.717, 1.165) is 41.3 Å². The molecule has 0 spiro atoms. The van der Waals surface area contributed by atoms with Gasteiger partial charge in [-0.2, -0.15) is 8.78 Å². The summed E-state index contributed by atoms with van der Waals surface area (Å²) in [4.78, 5) is 35.8. The summed E-state index contributed by atoms with van der Waals surface area (Å²) in [6.07, 6.45) is 2.07. The molecule has 1 aliphatic rings. The van der Waals surface area contributed by atoms with Crippen molar-refractivity contribution in [1.29, 1.82) is 0 Å². The van der Waals surface area contributed by atoms with Crippen LogP contribution in [0.4, 0.5) is 27.6 Å². The molecule has 3 rings (SSSR count). The van der Waals surface area contributed by atoms with Gasteiger partial charge in [0.25, 0.3) is 11.8 Å². The zero-order chi connectivity index (χ0) is 19.9. The van der Waals surface area contributed by atoms with Crippen molar-refractivity contribution in [3.63, 3.8) is 0 Å². The molecule has 0 saturated heterocycles. The Morgan fingerprint density at radius 1 is 0.741 bits per heavy atom. The molecule has 0 aromatic heterocycles. The molecular weight excluding hydrogens is 377 g/mol. The van der Waals surface area contributed by atoms with E-state index in [2.05, 4.69) is 4.74 Å². The van der Waals surface area contributed by atoms with Gasteiger partial charge in [0.1, 0.15) is 0 Å². The number of anilines is 1. The minimum atomic E-state index is -2.39. The Hall–Kier alpha value is -3.56. The maximum atomic E-state index is 13.5. The van der Waals surface area contributed by atoms with Gasteiger partial charge in [-0.1, -0.05) is 0 Å². The van der Waals surface area contributed by atoms with Gasteiger partial charge in [0.2, 0.25) is 34.8 Å². The molecule has 10 heteroatoms. The number of carbonyl (C=O) groups is 3. The van der Waals surface area contributed by atoms with E-state index in [1.54, 1.807) is 0 Å². The summed E-state index contributed by atoms with van der Waals surface area (Å²) in [5.74, 6) is -15.9. The van der Waals surface area contributed by atoms with Crippen LogP contribution in [0.25, 0.3) is 0 Å². The molecular formula is C17H6F5NO4. The average Bonchev–Trinajstić information content (AvgIpc) is 3.00. The van der Waals surface area contributed by atoms with Crippen LogP contribution >= 0.6 is 0 Å². The van der Waals surface area contributed by atoms with E-state index in [0.29, 0.717) is 0 Å². The predicted octanol–water partition coefficient (Wildman–Crippen LogP) is 3.03. The highest BCUT2D eigenvalue weighted by Gasteiger charge is 2.29. The van der Waals surface area contributed by atoms with Crippen LogP contribution in [-0.4, -0.2) is 17.8 Å². The van der Waals surface area contributed by atoms with Gasteiger partial charge in [0.15, 0.2) is 0 Å². The number of carbonyl (C=O) groups excluding carboxylic acids is 3. The lowest BCUT2D eigenvalue weighted by Gasteiger charge is -2.14. The largest absolute Gasteiger partial charge is 0.416 e. The van der Waals surface area contributed by atoms with Gasteiger partial charge in [-0.05, 0) is 24.3 Å². The topological polar surface area (TPSA) is 63.7 Å². The van der Waals surface area contributed by atoms with Crippen LogP contribution in [0.3, 0.4) is 0 Å². The molecule has 2 amide bonds. The first-order chi connectivity index (χ1) is 12.7. The quantitative estimate of drug-likeness (QED) is 0.204. The molecule has 2 aromatic rings. The molecule has 0 saturated carbocycles. The number of rotatable bonds is 3. The van der Waals surface area contributed by atoms with Crippen LogP contribution in [0.15, 0.2) is 36.4 Å². The molecule has 138 valence electrons. The zero-order valence-corrected chi connectivity index (χ0v) is 12.9. The van der Waals surface area contributed by atoms with E-state index in [1.807, 2.05) is 0 Å². The number of nitrogens with zero attached hydrogens (tertiary/aromatic N) is 1. The summed E-state index contributed by atoms with van der Waals surface area (Å²) in [5.41, 5.74) is -0.225. The van der Waals surface area contributed by atoms with Crippen LogP contribution in [0.2, 0.25) is 0 Å². The molecule has 0 radical (unpaired) electrons. The number of hydrogen-bond donors (Lipinski definition) is 0. The Morgan fingerprint density at radius 2 is 1.19 bits per heavy atom. The third-order valence-electron chi connectivity index (χ3n) is 3.53. The second kappa shape index (κ2) is 6.63. The number of hydrogen-bond acceptors (Lipinski definition) is 4. The normalized spacial score (nSPS) is 13.4. The molecule has 27 heavy (non-hydrogen) atoms. The monoisotopic (exact) mass is 383 g/mol. The van der Waals surface area contributed by atoms with Crippen LogP contribution in [0.5, 0.6) is 5.75 Å². The fourth-order valence-corrected chi connectivity index (χ4v) is 2.23. The minimum absolute atomic E-state index is 0.0998. The molecule has 0 fully saturated rings. The molecule has 0 atom stereocenters. The SMILES string of the molecule is O=C(Oc1c(F)c(F)c(F)c(F)c1F)c1ccc(N2C(=O)C=CC2=O)cc1. The van der Waals surface area contributed by atoms with Gasteiger partial charge in [-0.15, -0.1) is 0 Å². The molecule has 0 aliphatic carbocycles. The first-order valence-corrected chi connectivity index (χ1v) is 7.12. The molecule has 2 aromatic carbocycles. The maximum absolute atomic E-state index is 13.5. The number of ether oxygens (including phenoxy) is 1. The van der Waals surface area contributed by atoms with Gasteiger partial charge < -0.3 is 4.74 Å². The third-order valence-corrected chi connectivity index (χ3v) is 3.53. The number of halogens is 5. The van der Waals surface area contributed by atoms with E-state index in [9.17, 15) is 36.3 Å². The Kier molecular flexibility index (Phi) is 4.48. The molecule has 0 unspecified atom stereocenters. The summed E-state index contributed by atoms with van der Waals surface area (Å²) in [6, 6.07) is 4.42. The van der Waals surface area contributed by atoms with Gasteiger partial charge >= 0.3 is 5.97 Å². The van der Waals surface area contributed by atoms with E-state index in [-0.39, 0.29) is 11.3 Å². The molecule has 0 bridgehead atoms. The summed E-state index contributed by atoms with van der Waals surface area (Å²) in [5, 5.41) is 0. The molecule has 0 N–H and O–H groups in total. The van der Waals surface area contributed by atoms with E-state index >= 15 is 0 Å². The number of imide groups is 1. The standard InChI is InChI=1S/C17H6F5NO4/c18-11-12(19)14(21)16(15(22)13(11)20)27-17(26)7-1-3-8(4-2-7)23-9(24)5-6-10(23)25/h1-6H. The number of amides is 2. The van der Waals surface area contributed by atoms with E-state index < -0.39 is 52.6 Å². The van der Waals surface area contributed by atoms with Gasteiger partial charge in [0.05, 0.1) is 11.3 Å². The fourth-order valence-electron chi connectivity index (χ4n) is 2.23. The summed E-state index contributed by atoms with van der Waals surface area (Å²) < 4.78 is 70.6. The van der Waals surface area contributed by atoms with Crippen molar-refractivity contribution in [1.82, 2.24) is 0 Å². The van der Waals surface area contributed by atoms with Crippen molar-refractivity contribution in [2.75, 3.05) is 4.90 Å². The zero-order valence-electron chi connectivity index (χ0n) is 12.9. The van der Waals surface area contributed by atoms with E-state index in [4.69, 9.17) is 0 Å². The summed E-state index contributed by atoms with van der Waals surface area (Å²) >= 11 is 0. The lowest BCUT2D eigenvalue weighted by molar-refractivity contribution is -0.119. The Bertz CT molecular complexity index is 970. The van der Waals surface area contributed by atoms with Crippen molar-refractivity contribution in [3.8, 4) is 5.75 Å². The first kappa shape index (κ1) is 18.2. The van der Waals surface area contributed by atoms with Crippen LogP contribution in [0, 0.1) is 29.1 Å². The Labute approximate surface area is 147 Å². The lowest BCUT2D eigenvalue weighted by Crippen LogP contribution is -2.29. The van der Waals surface area contributed by atoms with Crippen LogP contribution in [0.1, 0.15) is 10.4 Å². The van der Waals surface area contributed by atoms with Crippen molar-refractivity contribution < 1.29 is 41.1 Å². The van der Waals surface area contributed by atoms with Crippen LogP contribution in [-0.2, 0) is 9.59 Å². The smallest absolute Gasteiger partial charge is 0.343 e. The highest BCUT2D eigenvalue weighted by atomic mass is 19.2. The second-order valence-corrected chi connectivity index (χ2v) is 5.18. The predicted molar refractivity (Wildman–Crippen MR) is 79.3 cm³/mol. The first-order valence-electron chi connectivity index (χ1n) is 7.12. The Morgan fingerprint density at radius 3 is 1.67 bits per heavy atom. The minimum Gasteiger partial charge on any atom is -0.416 e. The van der Waals surface area contributed by atoms with Crippen molar-refractivity contribution in [2.24, 2.45) is 0 Å². The fraction of sp³-hybridized carbons (Fsp3) is 0. The van der Waals surface area contributed by atoms with Crippen molar-refractivity contribution >= 4 is 23.5 Å². The highest BCUT2D eigenvalue weighted by molar-refractivity contribution is 6.28. The summed E-state index contributed by atoms with van der Waals surface area (Å²) in [7, 11) is 0. The maximum Gasteiger partial charge on any atom is 0.343 e. The Balaban J connectivity index is 1.86. The third kappa shape index (κ3) is 3.05. The molecule has 5 nitrogen and oxygen atoms in total. The highest BCUT2D eigenvalue weighted by Crippen LogP contribution is 2.30. The number of benzene rings is 2. The van der Waals surface area contributed by atoms with Crippen molar-refractivity contribution in [3.05, 3.63) is 71.1 Å². The van der Waals surface area contributed by atoms with Gasteiger partial charge in [-0.3, -0.25) is 9.59 Å². The molecule has 1 heterocycles. The lowest BCUT2D eigenvalue weighted by atomic mass is 10.2. The van der Waals surface area contributed by atoms with Gasteiger partial charge in [0, 0.05) is 12.2 Å². The van der Waals surface area contributed by atoms with Crippen LogP contribution < -0.4 is 9.64 Å². The number of esters is 1. The molecule has 1 aliphatic heterocycles. The summed E-state index contributed by atoms with van der Waals surface area (Å²) in [6.45, 7) is 0. The second-order valence-electron chi connectivity index (χ2n) is 5.18. The van der Waals surface area contributed by atoms with Crippen molar-refractivity contribution in [2.45, 2.75) is 0 Å². The average molecular weight is 383 g/mol.